The average Bonchev–Trinajstić information content (AvgIpc) is 2.35. The highest BCUT2D eigenvalue weighted by molar-refractivity contribution is 5.81. The van der Waals surface area contributed by atoms with E-state index in [9.17, 15) is 4.79 Å². The predicted molar refractivity (Wildman–Crippen MR) is 73.3 cm³/mol. The number of anilines is 1. The third-order valence-corrected chi connectivity index (χ3v) is 2.54. The largest absolute Gasteiger partial charge is 0.352 e. The third-order valence-electron chi connectivity index (χ3n) is 2.54. The van der Waals surface area contributed by atoms with Gasteiger partial charge in [-0.2, -0.15) is 0 Å². The maximum atomic E-state index is 11.7. The van der Waals surface area contributed by atoms with E-state index >= 15 is 0 Å². The summed E-state index contributed by atoms with van der Waals surface area (Å²) in [5.74, 6) is 0.797. The van der Waals surface area contributed by atoms with Crippen molar-refractivity contribution in [2.75, 3.05) is 18.0 Å². The minimum absolute atomic E-state index is 0.00630. The van der Waals surface area contributed by atoms with Gasteiger partial charge in [0.2, 0.25) is 5.91 Å². The SMILES string of the molecule is CCN(CC(=O)NC(C)C)c1cc(CN)ccn1. The first kappa shape index (κ1) is 14.4. The van der Waals surface area contributed by atoms with E-state index in [0.717, 1.165) is 17.9 Å². The number of nitrogens with two attached hydrogens (primary N) is 1. The molecule has 0 aromatic carbocycles. The lowest BCUT2D eigenvalue weighted by Gasteiger charge is -2.22. The van der Waals surface area contributed by atoms with Crippen molar-refractivity contribution in [3.63, 3.8) is 0 Å². The van der Waals surface area contributed by atoms with Crippen LogP contribution in [0.5, 0.6) is 0 Å². The van der Waals surface area contributed by atoms with Crippen molar-refractivity contribution in [1.29, 1.82) is 0 Å². The van der Waals surface area contributed by atoms with Crippen LogP contribution in [0.4, 0.5) is 5.82 Å². The minimum atomic E-state index is 0.00630. The van der Waals surface area contributed by atoms with E-state index in [0.29, 0.717) is 13.1 Å². The van der Waals surface area contributed by atoms with E-state index in [-0.39, 0.29) is 11.9 Å². The number of nitrogens with zero attached hydrogens (tertiary/aromatic N) is 2. The van der Waals surface area contributed by atoms with E-state index < -0.39 is 0 Å². The van der Waals surface area contributed by atoms with Crippen LogP contribution in [0, 0.1) is 0 Å². The first-order valence-electron chi connectivity index (χ1n) is 6.26. The maximum absolute atomic E-state index is 11.7. The lowest BCUT2D eigenvalue weighted by atomic mass is 10.2. The number of carbonyl (C=O) groups is 1. The predicted octanol–water partition coefficient (Wildman–Crippen LogP) is 0.891. The van der Waals surface area contributed by atoms with Crippen LogP contribution in [0.2, 0.25) is 0 Å². The Morgan fingerprint density at radius 3 is 2.83 bits per heavy atom. The Kier molecular flexibility index (Phi) is 5.58. The van der Waals surface area contributed by atoms with Gasteiger partial charge in [-0.05, 0) is 38.5 Å². The molecule has 0 aliphatic heterocycles. The molecule has 1 rings (SSSR count). The normalized spacial score (nSPS) is 10.5. The number of carbonyl (C=O) groups excluding carboxylic acids is 1. The fourth-order valence-corrected chi connectivity index (χ4v) is 1.66. The fourth-order valence-electron chi connectivity index (χ4n) is 1.66. The Hall–Kier alpha value is -1.62. The molecule has 0 spiro atoms. The van der Waals surface area contributed by atoms with Crippen LogP contribution in [0.25, 0.3) is 0 Å². The summed E-state index contributed by atoms with van der Waals surface area (Å²) in [6, 6.07) is 3.96. The number of hydrogen-bond acceptors (Lipinski definition) is 4. The second kappa shape index (κ2) is 6.96. The number of hydrogen-bond donors (Lipinski definition) is 2. The van der Waals surface area contributed by atoms with Crippen LogP contribution in [0.1, 0.15) is 26.3 Å². The molecule has 18 heavy (non-hydrogen) atoms. The Bertz CT molecular complexity index is 392. The zero-order valence-corrected chi connectivity index (χ0v) is 11.3. The molecular formula is C13H22N4O. The summed E-state index contributed by atoms with van der Waals surface area (Å²) < 4.78 is 0. The molecule has 0 aliphatic carbocycles. The summed E-state index contributed by atoms with van der Waals surface area (Å²) in [5, 5.41) is 2.87. The number of likely N-dealkylation sites (N-methyl/N-ethyl adjacent to an activating group) is 1. The first-order valence-corrected chi connectivity index (χ1v) is 6.26. The molecule has 0 saturated carbocycles. The van der Waals surface area contributed by atoms with Crippen molar-refractivity contribution in [3.8, 4) is 0 Å². The molecule has 1 aromatic rings. The van der Waals surface area contributed by atoms with E-state index in [4.69, 9.17) is 5.73 Å². The molecule has 1 heterocycles. The van der Waals surface area contributed by atoms with Crippen molar-refractivity contribution >= 4 is 11.7 Å². The van der Waals surface area contributed by atoms with Gasteiger partial charge in [-0.3, -0.25) is 4.79 Å². The van der Waals surface area contributed by atoms with Crippen LogP contribution in [0.3, 0.4) is 0 Å². The van der Waals surface area contributed by atoms with Crippen molar-refractivity contribution in [3.05, 3.63) is 23.9 Å². The number of pyridine rings is 1. The molecule has 0 bridgehead atoms. The van der Waals surface area contributed by atoms with Crippen LogP contribution < -0.4 is 16.0 Å². The van der Waals surface area contributed by atoms with E-state index in [1.165, 1.54) is 0 Å². The summed E-state index contributed by atoms with van der Waals surface area (Å²) in [4.78, 5) is 18.0. The van der Waals surface area contributed by atoms with E-state index in [2.05, 4.69) is 10.3 Å². The number of amides is 1. The van der Waals surface area contributed by atoms with Crippen molar-refractivity contribution in [2.45, 2.75) is 33.4 Å². The third kappa shape index (κ3) is 4.33. The van der Waals surface area contributed by atoms with Crippen LogP contribution in [-0.2, 0) is 11.3 Å². The molecule has 1 amide bonds. The van der Waals surface area contributed by atoms with Gasteiger partial charge >= 0.3 is 0 Å². The van der Waals surface area contributed by atoms with Crippen LogP contribution in [0.15, 0.2) is 18.3 Å². The molecule has 0 fully saturated rings. The number of rotatable bonds is 6. The highest BCUT2D eigenvalue weighted by Crippen LogP contribution is 2.11. The molecule has 0 radical (unpaired) electrons. The van der Waals surface area contributed by atoms with E-state index in [1.807, 2.05) is 37.8 Å². The standard InChI is InChI=1S/C13H22N4O/c1-4-17(9-13(18)16-10(2)3)12-7-11(8-14)5-6-15-12/h5-7,10H,4,8-9,14H2,1-3H3,(H,16,18). The van der Waals surface area contributed by atoms with Gasteiger partial charge in [0.1, 0.15) is 5.82 Å². The molecule has 3 N–H and O–H groups in total. The van der Waals surface area contributed by atoms with Crippen LogP contribution >= 0.6 is 0 Å². The Balaban J connectivity index is 2.73. The van der Waals surface area contributed by atoms with Gasteiger partial charge in [0.15, 0.2) is 0 Å². The summed E-state index contributed by atoms with van der Waals surface area (Å²) in [5.41, 5.74) is 6.62. The first-order chi connectivity index (χ1) is 8.56. The zero-order chi connectivity index (χ0) is 13.5. The molecule has 5 nitrogen and oxygen atoms in total. The van der Waals surface area contributed by atoms with Gasteiger partial charge in [-0.25, -0.2) is 4.98 Å². The number of aromatic nitrogens is 1. The summed E-state index contributed by atoms with van der Waals surface area (Å²) in [6.45, 7) is 7.41. The smallest absolute Gasteiger partial charge is 0.239 e. The Labute approximate surface area is 108 Å². The zero-order valence-electron chi connectivity index (χ0n) is 11.3. The van der Waals surface area contributed by atoms with Gasteiger partial charge in [-0.15, -0.1) is 0 Å². The summed E-state index contributed by atoms with van der Waals surface area (Å²) in [7, 11) is 0. The summed E-state index contributed by atoms with van der Waals surface area (Å²) >= 11 is 0. The van der Waals surface area contributed by atoms with Crippen molar-refractivity contribution in [2.24, 2.45) is 5.73 Å². The molecule has 0 saturated heterocycles. The highest BCUT2D eigenvalue weighted by atomic mass is 16.2. The minimum Gasteiger partial charge on any atom is -0.352 e. The Morgan fingerprint density at radius 2 is 2.28 bits per heavy atom. The maximum Gasteiger partial charge on any atom is 0.239 e. The second-order valence-corrected chi connectivity index (χ2v) is 4.46. The monoisotopic (exact) mass is 250 g/mol. The highest BCUT2D eigenvalue weighted by Gasteiger charge is 2.11. The van der Waals surface area contributed by atoms with Crippen molar-refractivity contribution in [1.82, 2.24) is 10.3 Å². The summed E-state index contributed by atoms with van der Waals surface area (Å²) in [6.07, 6.45) is 1.72. The van der Waals surface area contributed by atoms with E-state index in [1.54, 1.807) is 6.20 Å². The van der Waals surface area contributed by atoms with Gasteiger partial charge < -0.3 is 16.0 Å². The average molecular weight is 250 g/mol. The quantitative estimate of drug-likeness (QED) is 0.786. The molecule has 0 aliphatic rings. The van der Waals surface area contributed by atoms with Crippen LogP contribution in [-0.4, -0.2) is 30.0 Å². The lowest BCUT2D eigenvalue weighted by molar-refractivity contribution is -0.120. The number of nitrogens with one attached hydrogen (secondary N) is 1. The van der Waals surface area contributed by atoms with Gasteiger partial charge in [0, 0.05) is 25.3 Å². The van der Waals surface area contributed by atoms with Gasteiger partial charge in [0.05, 0.1) is 6.54 Å². The van der Waals surface area contributed by atoms with Gasteiger partial charge in [0.25, 0.3) is 0 Å². The fraction of sp³-hybridized carbons (Fsp3) is 0.538. The molecule has 100 valence electrons. The Morgan fingerprint density at radius 1 is 1.56 bits per heavy atom. The molecule has 0 atom stereocenters. The topological polar surface area (TPSA) is 71.2 Å². The lowest BCUT2D eigenvalue weighted by Crippen LogP contribution is -2.40. The second-order valence-electron chi connectivity index (χ2n) is 4.46. The molecular weight excluding hydrogens is 228 g/mol. The molecule has 0 unspecified atom stereocenters. The molecule has 5 heteroatoms. The molecule has 1 aromatic heterocycles. The van der Waals surface area contributed by atoms with Crippen molar-refractivity contribution < 1.29 is 4.79 Å². The van der Waals surface area contributed by atoms with Gasteiger partial charge in [-0.1, -0.05) is 0 Å².